The molecule has 1 heteroatoms. The minimum atomic E-state index is 0.326. The lowest BCUT2D eigenvalue weighted by Crippen LogP contribution is -2.46. The molecule has 0 saturated carbocycles. The van der Waals surface area contributed by atoms with E-state index in [1.165, 1.54) is 25.8 Å². The molecule has 114 valence electrons. The van der Waals surface area contributed by atoms with Crippen LogP contribution >= 0.6 is 0 Å². The molecule has 19 heavy (non-hydrogen) atoms. The minimum Gasteiger partial charge on any atom is -0.301 e. The predicted octanol–water partition coefficient (Wildman–Crippen LogP) is 5.21. The summed E-state index contributed by atoms with van der Waals surface area (Å²) >= 11 is 0. The summed E-state index contributed by atoms with van der Waals surface area (Å²) in [6.45, 7) is 20.8. The van der Waals surface area contributed by atoms with Gasteiger partial charge in [-0.3, -0.25) is 0 Å². The zero-order valence-corrected chi connectivity index (χ0v) is 14.9. The van der Waals surface area contributed by atoms with E-state index in [9.17, 15) is 0 Å². The SMILES string of the molecule is CCC1CC(C)(C)N(C)CC(C)(C)C1(C)CC(C)C. The van der Waals surface area contributed by atoms with Crippen LogP contribution in [0.25, 0.3) is 0 Å². The smallest absolute Gasteiger partial charge is 0.0153 e. The zero-order chi connectivity index (χ0) is 15.1. The lowest BCUT2D eigenvalue weighted by atomic mass is 9.55. The molecule has 1 rings (SSSR count). The first-order valence-corrected chi connectivity index (χ1v) is 8.17. The second-order valence-electron chi connectivity index (χ2n) is 8.88. The van der Waals surface area contributed by atoms with Gasteiger partial charge in [-0.15, -0.1) is 0 Å². The summed E-state index contributed by atoms with van der Waals surface area (Å²) in [5, 5.41) is 0. The molecule has 1 heterocycles. The highest BCUT2D eigenvalue weighted by atomic mass is 15.2. The van der Waals surface area contributed by atoms with Gasteiger partial charge >= 0.3 is 0 Å². The van der Waals surface area contributed by atoms with Crippen LogP contribution in [0, 0.1) is 22.7 Å². The van der Waals surface area contributed by atoms with Gasteiger partial charge in [0.25, 0.3) is 0 Å². The van der Waals surface area contributed by atoms with Crippen molar-refractivity contribution in [1.29, 1.82) is 0 Å². The van der Waals surface area contributed by atoms with Crippen molar-refractivity contribution in [3.8, 4) is 0 Å². The number of nitrogens with zero attached hydrogens (tertiary/aromatic N) is 1. The van der Waals surface area contributed by atoms with Gasteiger partial charge in [0.05, 0.1) is 0 Å². The first-order chi connectivity index (χ1) is 8.46. The molecule has 1 nitrogen and oxygen atoms in total. The molecule has 0 aromatic rings. The van der Waals surface area contributed by atoms with Crippen LogP contribution in [0.5, 0.6) is 0 Å². The van der Waals surface area contributed by atoms with Crippen LogP contribution in [0.2, 0.25) is 0 Å². The molecule has 0 amide bonds. The summed E-state index contributed by atoms with van der Waals surface area (Å²) in [4.78, 5) is 2.60. The molecule has 0 bridgehead atoms. The second-order valence-corrected chi connectivity index (χ2v) is 8.88. The van der Waals surface area contributed by atoms with E-state index in [2.05, 4.69) is 67.3 Å². The van der Waals surface area contributed by atoms with Crippen molar-refractivity contribution < 1.29 is 0 Å². The third-order valence-electron chi connectivity index (χ3n) is 6.18. The quantitative estimate of drug-likeness (QED) is 0.679. The topological polar surface area (TPSA) is 3.24 Å². The number of rotatable bonds is 3. The minimum absolute atomic E-state index is 0.326. The first kappa shape index (κ1) is 17.0. The largest absolute Gasteiger partial charge is 0.301 e. The molecule has 1 saturated heterocycles. The van der Waals surface area contributed by atoms with Crippen molar-refractivity contribution in [2.75, 3.05) is 13.6 Å². The Kier molecular flexibility index (Phi) is 4.83. The van der Waals surface area contributed by atoms with E-state index in [1.54, 1.807) is 0 Å². The predicted molar refractivity (Wildman–Crippen MR) is 86.5 cm³/mol. The third-order valence-corrected chi connectivity index (χ3v) is 6.18. The van der Waals surface area contributed by atoms with Crippen molar-refractivity contribution in [3.63, 3.8) is 0 Å². The van der Waals surface area contributed by atoms with E-state index in [0.29, 0.717) is 16.4 Å². The maximum Gasteiger partial charge on any atom is 0.0153 e. The Bertz CT molecular complexity index is 303. The van der Waals surface area contributed by atoms with Crippen LogP contribution in [0.1, 0.15) is 74.7 Å². The van der Waals surface area contributed by atoms with Crippen LogP contribution < -0.4 is 0 Å². The van der Waals surface area contributed by atoms with Gasteiger partial charge in [0.2, 0.25) is 0 Å². The highest BCUT2D eigenvalue weighted by Gasteiger charge is 2.51. The Morgan fingerprint density at radius 2 is 1.63 bits per heavy atom. The van der Waals surface area contributed by atoms with Crippen LogP contribution in [0.15, 0.2) is 0 Å². The van der Waals surface area contributed by atoms with Crippen LogP contribution in [-0.2, 0) is 0 Å². The van der Waals surface area contributed by atoms with Gasteiger partial charge in [0.1, 0.15) is 0 Å². The number of hydrogen-bond acceptors (Lipinski definition) is 1. The fraction of sp³-hybridized carbons (Fsp3) is 1.00. The lowest BCUT2D eigenvalue weighted by molar-refractivity contribution is -0.000493. The van der Waals surface area contributed by atoms with E-state index in [0.717, 1.165) is 11.8 Å². The average molecular weight is 268 g/mol. The molecule has 0 aromatic heterocycles. The van der Waals surface area contributed by atoms with Gasteiger partial charge < -0.3 is 4.90 Å². The third kappa shape index (κ3) is 3.17. The molecule has 1 aliphatic rings. The van der Waals surface area contributed by atoms with Gasteiger partial charge in [-0.2, -0.15) is 0 Å². The molecular weight excluding hydrogens is 230 g/mol. The summed E-state index contributed by atoms with van der Waals surface area (Å²) in [5.74, 6) is 1.61. The standard InChI is InChI=1S/C18H37N/c1-10-15-12-17(6,7)19(9)13-16(4,5)18(15,8)11-14(2)3/h14-15H,10-13H2,1-9H3. The summed E-state index contributed by atoms with van der Waals surface area (Å²) in [5.41, 5.74) is 1.14. The highest BCUT2D eigenvalue weighted by molar-refractivity contribution is 5.02. The van der Waals surface area contributed by atoms with Gasteiger partial charge in [-0.05, 0) is 56.4 Å². The van der Waals surface area contributed by atoms with Crippen LogP contribution in [-0.4, -0.2) is 24.0 Å². The highest BCUT2D eigenvalue weighted by Crippen LogP contribution is 2.55. The van der Waals surface area contributed by atoms with E-state index in [1.807, 2.05) is 0 Å². The molecule has 2 atom stereocenters. The summed E-state index contributed by atoms with van der Waals surface area (Å²) < 4.78 is 0. The summed E-state index contributed by atoms with van der Waals surface area (Å²) in [6.07, 6.45) is 3.99. The normalized spacial score (nSPS) is 35.4. The Balaban J connectivity index is 3.23. The lowest BCUT2D eigenvalue weighted by Gasteiger charge is -2.49. The summed E-state index contributed by atoms with van der Waals surface area (Å²) in [7, 11) is 2.32. The maximum absolute atomic E-state index is 2.60. The molecule has 1 aliphatic heterocycles. The van der Waals surface area contributed by atoms with Crippen molar-refractivity contribution >= 4 is 0 Å². The van der Waals surface area contributed by atoms with E-state index < -0.39 is 0 Å². The molecule has 0 spiro atoms. The monoisotopic (exact) mass is 267 g/mol. The Labute approximate surface area is 122 Å². The fourth-order valence-electron chi connectivity index (χ4n) is 4.41. The van der Waals surface area contributed by atoms with Crippen molar-refractivity contribution in [2.24, 2.45) is 22.7 Å². The number of likely N-dealkylation sites (tertiary alicyclic amines) is 1. The first-order valence-electron chi connectivity index (χ1n) is 8.17. The van der Waals surface area contributed by atoms with Crippen LogP contribution in [0.4, 0.5) is 0 Å². The Hall–Kier alpha value is -0.0400. The fourth-order valence-corrected chi connectivity index (χ4v) is 4.41. The molecule has 0 radical (unpaired) electrons. The molecule has 2 unspecified atom stereocenters. The molecule has 0 aliphatic carbocycles. The van der Waals surface area contributed by atoms with Crippen molar-refractivity contribution in [3.05, 3.63) is 0 Å². The maximum atomic E-state index is 2.60. The average Bonchev–Trinajstić information content (AvgIpc) is 2.26. The van der Waals surface area contributed by atoms with Crippen molar-refractivity contribution in [1.82, 2.24) is 4.90 Å². The molecule has 1 fully saturated rings. The van der Waals surface area contributed by atoms with Crippen LogP contribution in [0.3, 0.4) is 0 Å². The van der Waals surface area contributed by atoms with E-state index in [-0.39, 0.29) is 0 Å². The van der Waals surface area contributed by atoms with Gasteiger partial charge in [0, 0.05) is 12.1 Å². The Morgan fingerprint density at radius 3 is 2.05 bits per heavy atom. The van der Waals surface area contributed by atoms with E-state index >= 15 is 0 Å². The van der Waals surface area contributed by atoms with Gasteiger partial charge in [-0.1, -0.05) is 48.0 Å². The molecule has 0 aromatic carbocycles. The summed E-state index contributed by atoms with van der Waals surface area (Å²) in [6, 6.07) is 0. The number of hydrogen-bond donors (Lipinski definition) is 0. The van der Waals surface area contributed by atoms with Gasteiger partial charge in [0.15, 0.2) is 0 Å². The van der Waals surface area contributed by atoms with Crippen molar-refractivity contribution in [2.45, 2.75) is 80.2 Å². The molecule has 0 N–H and O–H groups in total. The second kappa shape index (κ2) is 5.39. The molecular formula is C18H37N. The van der Waals surface area contributed by atoms with Gasteiger partial charge in [-0.25, -0.2) is 0 Å². The zero-order valence-electron chi connectivity index (χ0n) is 14.9. The Morgan fingerprint density at radius 1 is 1.11 bits per heavy atom. The van der Waals surface area contributed by atoms with E-state index in [4.69, 9.17) is 0 Å².